The zero-order valence-electron chi connectivity index (χ0n) is 25.2. The average Bonchev–Trinajstić information content (AvgIpc) is 3.46. The molecular weight excluding hydrogens is 556 g/mol. The fourth-order valence-electron chi connectivity index (χ4n) is 5.40. The molecule has 44 heavy (non-hydrogen) atoms. The number of carbonyl (C=O) groups is 3. The SMILES string of the molecule is COc1ccc(CCCCC[C@H](CC(=O)NO)C(=O)N[C@@H](Cc2c[nH]c3ccccc23)C(=O)NCCc2ccccc2)cc1. The minimum Gasteiger partial charge on any atom is -0.497 e. The number of methoxy groups -OCH3 is 1. The molecule has 9 nitrogen and oxygen atoms in total. The zero-order chi connectivity index (χ0) is 31.1. The van der Waals surface area contributed by atoms with Crippen molar-refractivity contribution in [1.82, 2.24) is 21.1 Å². The third-order valence-corrected chi connectivity index (χ3v) is 7.89. The Balaban J connectivity index is 1.39. The third kappa shape index (κ3) is 9.70. The molecule has 0 bridgehead atoms. The Kier molecular flexibility index (Phi) is 12.4. The topological polar surface area (TPSA) is 133 Å². The van der Waals surface area contributed by atoms with Crippen LogP contribution in [0, 0.1) is 5.92 Å². The summed E-state index contributed by atoms with van der Waals surface area (Å²) in [7, 11) is 1.64. The summed E-state index contributed by atoms with van der Waals surface area (Å²) in [5.74, 6) is -1.18. The van der Waals surface area contributed by atoms with Gasteiger partial charge in [0.25, 0.3) is 0 Å². The number of amides is 3. The maximum atomic E-state index is 13.6. The monoisotopic (exact) mass is 598 g/mol. The number of nitrogens with one attached hydrogen (secondary N) is 4. The van der Waals surface area contributed by atoms with Gasteiger partial charge in [0.1, 0.15) is 11.8 Å². The van der Waals surface area contributed by atoms with Gasteiger partial charge >= 0.3 is 0 Å². The smallest absolute Gasteiger partial charge is 0.244 e. The van der Waals surface area contributed by atoms with Crippen LogP contribution in [0.25, 0.3) is 10.9 Å². The molecule has 232 valence electrons. The first-order valence-corrected chi connectivity index (χ1v) is 15.2. The van der Waals surface area contributed by atoms with Crippen LogP contribution in [0.1, 0.15) is 48.8 Å². The van der Waals surface area contributed by atoms with E-state index < -0.39 is 17.9 Å². The Morgan fingerprint density at radius 2 is 1.57 bits per heavy atom. The number of fused-ring (bicyclic) bond motifs is 1. The molecule has 1 heterocycles. The summed E-state index contributed by atoms with van der Waals surface area (Å²) in [6, 6.07) is 24.8. The van der Waals surface area contributed by atoms with Crippen LogP contribution in [0.3, 0.4) is 0 Å². The summed E-state index contributed by atoms with van der Waals surface area (Å²) >= 11 is 0. The van der Waals surface area contributed by atoms with Crippen molar-refractivity contribution in [3.05, 3.63) is 102 Å². The van der Waals surface area contributed by atoms with Crippen LogP contribution in [-0.2, 0) is 33.6 Å². The molecule has 5 N–H and O–H groups in total. The fourth-order valence-corrected chi connectivity index (χ4v) is 5.40. The van der Waals surface area contributed by atoms with E-state index in [1.807, 2.05) is 85.1 Å². The predicted molar refractivity (Wildman–Crippen MR) is 170 cm³/mol. The van der Waals surface area contributed by atoms with Crippen LogP contribution in [-0.4, -0.2) is 47.6 Å². The van der Waals surface area contributed by atoms with E-state index in [1.54, 1.807) is 12.6 Å². The second kappa shape index (κ2) is 16.9. The third-order valence-electron chi connectivity index (χ3n) is 7.89. The maximum absolute atomic E-state index is 13.6. The van der Waals surface area contributed by atoms with Crippen LogP contribution in [0.5, 0.6) is 5.75 Å². The van der Waals surface area contributed by atoms with Crippen molar-refractivity contribution < 1.29 is 24.3 Å². The number of aromatic amines is 1. The van der Waals surface area contributed by atoms with Crippen molar-refractivity contribution in [3.63, 3.8) is 0 Å². The first-order chi connectivity index (χ1) is 21.5. The molecule has 0 fully saturated rings. The second-order valence-corrected chi connectivity index (χ2v) is 11.0. The van der Waals surface area contributed by atoms with Crippen molar-refractivity contribution >= 4 is 28.6 Å². The second-order valence-electron chi connectivity index (χ2n) is 11.0. The highest BCUT2D eigenvalue weighted by atomic mass is 16.5. The van der Waals surface area contributed by atoms with Gasteiger partial charge in [-0.3, -0.25) is 19.6 Å². The van der Waals surface area contributed by atoms with E-state index in [9.17, 15) is 14.4 Å². The van der Waals surface area contributed by atoms with Gasteiger partial charge in [0.2, 0.25) is 17.7 Å². The van der Waals surface area contributed by atoms with Gasteiger partial charge in [-0.1, -0.05) is 73.5 Å². The molecular formula is C35H42N4O5. The highest BCUT2D eigenvalue weighted by Crippen LogP contribution is 2.21. The van der Waals surface area contributed by atoms with Gasteiger partial charge < -0.3 is 20.4 Å². The highest BCUT2D eigenvalue weighted by molar-refractivity contribution is 5.91. The molecule has 3 amide bonds. The van der Waals surface area contributed by atoms with E-state index in [-0.39, 0.29) is 24.7 Å². The Morgan fingerprint density at radius 3 is 2.32 bits per heavy atom. The van der Waals surface area contributed by atoms with Crippen LogP contribution in [0.2, 0.25) is 0 Å². The van der Waals surface area contributed by atoms with E-state index in [1.165, 1.54) is 5.56 Å². The summed E-state index contributed by atoms with van der Waals surface area (Å²) < 4.78 is 5.21. The van der Waals surface area contributed by atoms with Crippen LogP contribution in [0.15, 0.2) is 85.1 Å². The minimum absolute atomic E-state index is 0.170. The molecule has 2 atom stereocenters. The highest BCUT2D eigenvalue weighted by Gasteiger charge is 2.28. The number of rotatable bonds is 17. The van der Waals surface area contributed by atoms with Gasteiger partial charge in [0, 0.05) is 42.4 Å². The van der Waals surface area contributed by atoms with E-state index in [0.29, 0.717) is 19.4 Å². The van der Waals surface area contributed by atoms with E-state index in [4.69, 9.17) is 9.94 Å². The minimum atomic E-state index is -0.841. The maximum Gasteiger partial charge on any atom is 0.244 e. The standard InChI is InChI=1S/C35H42N4O5/c1-44-29-18-16-26(17-19-29)12-6-3-7-13-27(23-33(40)39-43)34(41)38-32(22-28-24-37-31-15-9-8-14-30(28)31)35(42)36-21-20-25-10-4-2-5-11-25/h2,4-5,8-11,14-19,24,27,32,37,43H,3,6-7,12-13,20-23H2,1H3,(H,36,42)(H,38,41)(H,39,40)/t27-,32+/m1/s1. The number of para-hydroxylation sites is 1. The fraction of sp³-hybridized carbons (Fsp3) is 0.343. The molecule has 0 unspecified atom stereocenters. The number of aryl methyl sites for hydroxylation is 1. The number of hydroxylamine groups is 1. The molecule has 0 aliphatic rings. The van der Waals surface area contributed by atoms with Crippen LogP contribution >= 0.6 is 0 Å². The van der Waals surface area contributed by atoms with E-state index in [0.717, 1.165) is 53.5 Å². The quantitative estimate of drug-likeness (QED) is 0.0672. The molecule has 3 aromatic carbocycles. The normalized spacial score (nSPS) is 12.3. The molecule has 0 aliphatic heterocycles. The summed E-state index contributed by atoms with van der Waals surface area (Å²) in [6.07, 6.45) is 6.52. The number of H-pyrrole nitrogens is 1. The molecule has 4 aromatic rings. The summed E-state index contributed by atoms with van der Waals surface area (Å²) in [6.45, 7) is 0.424. The van der Waals surface area contributed by atoms with Crippen molar-refractivity contribution in [2.24, 2.45) is 5.92 Å². The molecule has 9 heteroatoms. The first kappa shape index (κ1) is 32.3. The Bertz CT molecular complexity index is 1490. The van der Waals surface area contributed by atoms with Crippen molar-refractivity contribution in [3.8, 4) is 5.75 Å². The van der Waals surface area contributed by atoms with Crippen molar-refractivity contribution in [2.45, 2.75) is 57.4 Å². The summed E-state index contributed by atoms with van der Waals surface area (Å²) in [5, 5.41) is 16.1. The lowest BCUT2D eigenvalue weighted by molar-refractivity contribution is -0.136. The van der Waals surface area contributed by atoms with Gasteiger partial charge in [0.15, 0.2) is 0 Å². The number of carbonyl (C=O) groups excluding carboxylic acids is 3. The largest absolute Gasteiger partial charge is 0.497 e. The molecule has 0 spiro atoms. The lowest BCUT2D eigenvalue weighted by atomic mass is 9.94. The number of aromatic nitrogens is 1. The number of benzene rings is 3. The van der Waals surface area contributed by atoms with Gasteiger partial charge in [-0.05, 0) is 60.6 Å². The lowest BCUT2D eigenvalue weighted by Crippen LogP contribution is -2.50. The molecule has 0 aliphatic carbocycles. The van der Waals surface area contributed by atoms with Gasteiger partial charge in [-0.15, -0.1) is 0 Å². The molecule has 4 rings (SSSR count). The predicted octanol–water partition coefficient (Wildman–Crippen LogP) is 4.88. The molecule has 0 radical (unpaired) electrons. The van der Waals surface area contributed by atoms with Crippen LogP contribution < -0.4 is 20.9 Å². The summed E-state index contributed by atoms with van der Waals surface area (Å²) in [4.78, 5) is 42.4. The molecule has 0 saturated carbocycles. The zero-order valence-corrected chi connectivity index (χ0v) is 25.2. The van der Waals surface area contributed by atoms with Gasteiger partial charge in [-0.2, -0.15) is 0 Å². The number of ether oxygens (including phenoxy) is 1. The molecule has 0 saturated heterocycles. The summed E-state index contributed by atoms with van der Waals surface area (Å²) in [5.41, 5.74) is 5.81. The average molecular weight is 599 g/mol. The Labute approximate surface area is 258 Å². The van der Waals surface area contributed by atoms with E-state index in [2.05, 4.69) is 15.6 Å². The lowest BCUT2D eigenvalue weighted by Gasteiger charge is -2.22. The Morgan fingerprint density at radius 1 is 0.841 bits per heavy atom. The first-order valence-electron chi connectivity index (χ1n) is 15.2. The van der Waals surface area contributed by atoms with Crippen molar-refractivity contribution in [1.29, 1.82) is 0 Å². The Hall–Kier alpha value is -4.63. The molecule has 1 aromatic heterocycles. The van der Waals surface area contributed by atoms with Crippen molar-refractivity contribution in [2.75, 3.05) is 13.7 Å². The number of unbranched alkanes of at least 4 members (excludes halogenated alkanes) is 2. The number of hydrogen-bond donors (Lipinski definition) is 5. The number of hydrogen-bond acceptors (Lipinski definition) is 5. The van der Waals surface area contributed by atoms with E-state index >= 15 is 0 Å². The van der Waals surface area contributed by atoms with Gasteiger partial charge in [0.05, 0.1) is 7.11 Å². The van der Waals surface area contributed by atoms with Gasteiger partial charge in [-0.25, -0.2) is 5.48 Å². The van der Waals surface area contributed by atoms with Crippen LogP contribution in [0.4, 0.5) is 0 Å².